The van der Waals surface area contributed by atoms with Crippen LogP contribution in [0.15, 0.2) is 78.9 Å². The smallest absolute Gasteiger partial charge is 0.162 e. The minimum atomic E-state index is 0.658. The van der Waals surface area contributed by atoms with Crippen LogP contribution in [0.25, 0.3) is 22.3 Å². The van der Waals surface area contributed by atoms with Crippen LogP contribution in [-0.2, 0) is 0 Å². The number of para-hydroxylation sites is 1. The maximum atomic E-state index is 6.15. The molecule has 4 heteroatoms. The highest BCUT2D eigenvalue weighted by molar-refractivity contribution is 6.31. The molecule has 24 heavy (non-hydrogen) atoms. The highest BCUT2D eigenvalue weighted by Gasteiger charge is 2.10. The van der Waals surface area contributed by atoms with Crippen LogP contribution in [0, 0.1) is 0 Å². The van der Waals surface area contributed by atoms with E-state index in [1.807, 2.05) is 78.9 Å². The molecule has 0 bridgehead atoms. The van der Waals surface area contributed by atoms with E-state index in [2.05, 4.69) is 10.3 Å². The second kappa shape index (κ2) is 6.30. The number of rotatable bonds is 3. The van der Waals surface area contributed by atoms with Gasteiger partial charge in [0.15, 0.2) is 5.82 Å². The van der Waals surface area contributed by atoms with Gasteiger partial charge in [0.25, 0.3) is 0 Å². The van der Waals surface area contributed by atoms with E-state index in [0.29, 0.717) is 10.8 Å². The van der Waals surface area contributed by atoms with E-state index in [4.69, 9.17) is 16.6 Å². The second-order valence-electron chi connectivity index (χ2n) is 5.41. The Morgan fingerprint density at radius 2 is 1.46 bits per heavy atom. The zero-order chi connectivity index (χ0) is 16.4. The number of anilines is 2. The van der Waals surface area contributed by atoms with Crippen LogP contribution < -0.4 is 5.32 Å². The first-order valence-corrected chi connectivity index (χ1v) is 8.02. The number of nitrogens with one attached hydrogen (secondary N) is 1. The number of halogens is 1. The standard InChI is InChI=1S/C20H14ClN3/c21-15-11-12-17-18(13-15)23-19(14-7-3-1-4-8-14)24-20(17)22-16-9-5-2-6-10-16/h1-13H,(H,22,23,24). The first kappa shape index (κ1) is 14.7. The predicted molar refractivity (Wildman–Crippen MR) is 99.7 cm³/mol. The van der Waals surface area contributed by atoms with Crippen molar-refractivity contribution in [2.75, 3.05) is 5.32 Å². The van der Waals surface area contributed by atoms with Crippen LogP contribution in [-0.4, -0.2) is 9.97 Å². The van der Waals surface area contributed by atoms with Gasteiger partial charge in [0.05, 0.1) is 5.52 Å². The molecule has 4 aromatic rings. The van der Waals surface area contributed by atoms with Crippen LogP contribution in [0.3, 0.4) is 0 Å². The van der Waals surface area contributed by atoms with Crippen molar-refractivity contribution in [2.45, 2.75) is 0 Å². The minimum absolute atomic E-state index is 0.658. The molecule has 0 saturated carbocycles. The molecule has 0 amide bonds. The summed E-state index contributed by atoms with van der Waals surface area (Å²) in [4.78, 5) is 9.40. The molecule has 4 rings (SSSR count). The molecule has 0 aliphatic heterocycles. The quantitative estimate of drug-likeness (QED) is 0.523. The number of hydrogen-bond donors (Lipinski definition) is 1. The molecule has 0 atom stereocenters. The summed E-state index contributed by atoms with van der Waals surface area (Å²) >= 11 is 6.15. The normalized spacial score (nSPS) is 10.7. The van der Waals surface area contributed by atoms with Crippen LogP contribution >= 0.6 is 11.6 Å². The molecule has 0 aliphatic rings. The minimum Gasteiger partial charge on any atom is -0.340 e. The summed E-state index contributed by atoms with van der Waals surface area (Å²) in [5, 5.41) is 4.97. The van der Waals surface area contributed by atoms with Crippen LogP contribution in [0.5, 0.6) is 0 Å². The lowest BCUT2D eigenvalue weighted by Crippen LogP contribution is -1.99. The van der Waals surface area contributed by atoms with Gasteiger partial charge in [-0.15, -0.1) is 0 Å². The molecule has 0 radical (unpaired) electrons. The summed E-state index contributed by atoms with van der Waals surface area (Å²) in [6.07, 6.45) is 0. The topological polar surface area (TPSA) is 37.8 Å². The van der Waals surface area contributed by atoms with Gasteiger partial charge in [-0.05, 0) is 30.3 Å². The molecular weight excluding hydrogens is 318 g/mol. The fourth-order valence-electron chi connectivity index (χ4n) is 2.57. The summed E-state index contributed by atoms with van der Waals surface area (Å²) in [6.45, 7) is 0. The van der Waals surface area contributed by atoms with Crippen molar-refractivity contribution in [2.24, 2.45) is 0 Å². The van der Waals surface area contributed by atoms with E-state index in [1.54, 1.807) is 0 Å². The largest absolute Gasteiger partial charge is 0.340 e. The van der Waals surface area contributed by atoms with Crippen LogP contribution in [0.1, 0.15) is 0 Å². The molecule has 0 aliphatic carbocycles. The molecule has 1 N–H and O–H groups in total. The Balaban J connectivity index is 1.90. The van der Waals surface area contributed by atoms with E-state index >= 15 is 0 Å². The van der Waals surface area contributed by atoms with E-state index in [-0.39, 0.29) is 0 Å². The summed E-state index contributed by atoms with van der Waals surface area (Å²) in [5.41, 5.74) is 2.76. The van der Waals surface area contributed by atoms with E-state index in [1.165, 1.54) is 0 Å². The number of hydrogen-bond acceptors (Lipinski definition) is 3. The average molecular weight is 332 g/mol. The maximum Gasteiger partial charge on any atom is 0.162 e. The van der Waals surface area contributed by atoms with E-state index < -0.39 is 0 Å². The second-order valence-corrected chi connectivity index (χ2v) is 5.85. The Kier molecular flexibility index (Phi) is 3.85. The lowest BCUT2D eigenvalue weighted by atomic mass is 10.2. The SMILES string of the molecule is Clc1ccc2c(Nc3ccccc3)nc(-c3ccccc3)nc2c1. The molecule has 1 aromatic heterocycles. The van der Waals surface area contributed by atoms with Crippen molar-refractivity contribution in [3.8, 4) is 11.4 Å². The fraction of sp³-hybridized carbons (Fsp3) is 0. The lowest BCUT2D eigenvalue weighted by molar-refractivity contribution is 1.22. The summed E-state index contributed by atoms with van der Waals surface area (Å²) in [6, 6.07) is 25.6. The third kappa shape index (κ3) is 2.94. The number of nitrogens with zero attached hydrogens (tertiary/aromatic N) is 2. The first-order valence-electron chi connectivity index (χ1n) is 7.64. The predicted octanol–water partition coefficient (Wildman–Crippen LogP) is 5.69. The molecule has 0 saturated heterocycles. The third-order valence-corrected chi connectivity index (χ3v) is 3.96. The highest BCUT2D eigenvalue weighted by atomic mass is 35.5. The lowest BCUT2D eigenvalue weighted by Gasteiger charge is -2.11. The molecule has 0 spiro atoms. The monoisotopic (exact) mass is 331 g/mol. The number of aromatic nitrogens is 2. The van der Waals surface area contributed by atoms with Crippen molar-refractivity contribution in [1.29, 1.82) is 0 Å². The molecule has 3 aromatic carbocycles. The first-order chi connectivity index (χ1) is 11.8. The van der Waals surface area contributed by atoms with Crippen molar-refractivity contribution < 1.29 is 0 Å². The summed E-state index contributed by atoms with van der Waals surface area (Å²) < 4.78 is 0. The third-order valence-electron chi connectivity index (χ3n) is 3.73. The Morgan fingerprint density at radius 1 is 0.750 bits per heavy atom. The van der Waals surface area contributed by atoms with Gasteiger partial charge in [0.1, 0.15) is 5.82 Å². The molecule has 116 valence electrons. The van der Waals surface area contributed by atoms with Crippen molar-refractivity contribution in [1.82, 2.24) is 9.97 Å². The van der Waals surface area contributed by atoms with Gasteiger partial charge < -0.3 is 5.32 Å². The summed E-state index contributed by atoms with van der Waals surface area (Å²) in [7, 11) is 0. The van der Waals surface area contributed by atoms with Gasteiger partial charge in [0.2, 0.25) is 0 Å². The Hall–Kier alpha value is -2.91. The zero-order valence-corrected chi connectivity index (χ0v) is 13.5. The molecule has 1 heterocycles. The van der Waals surface area contributed by atoms with Crippen molar-refractivity contribution >= 4 is 34.0 Å². The fourth-order valence-corrected chi connectivity index (χ4v) is 2.74. The van der Waals surface area contributed by atoms with E-state index in [9.17, 15) is 0 Å². The molecule has 0 unspecified atom stereocenters. The highest BCUT2D eigenvalue weighted by Crippen LogP contribution is 2.28. The molecule has 3 nitrogen and oxygen atoms in total. The average Bonchev–Trinajstić information content (AvgIpc) is 2.63. The van der Waals surface area contributed by atoms with Gasteiger partial charge in [-0.1, -0.05) is 60.1 Å². The Bertz CT molecular complexity index is 986. The van der Waals surface area contributed by atoms with Gasteiger partial charge >= 0.3 is 0 Å². The van der Waals surface area contributed by atoms with E-state index in [0.717, 1.165) is 28.0 Å². The van der Waals surface area contributed by atoms with Crippen molar-refractivity contribution in [3.05, 3.63) is 83.9 Å². The van der Waals surface area contributed by atoms with Crippen molar-refractivity contribution in [3.63, 3.8) is 0 Å². The maximum absolute atomic E-state index is 6.15. The Morgan fingerprint density at radius 3 is 2.21 bits per heavy atom. The van der Waals surface area contributed by atoms with Crippen LogP contribution in [0.2, 0.25) is 5.02 Å². The van der Waals surface area contributed by atoms with Crippen LogP contribution in [0.4, 0.5) is 11.5 Å². The van der Waals surface area contributed by atoms with Gasteiger partial charge in [-0.25, -0.2) is 9.97 Å². The number of fused-ring (bicyclic) bond motifs is 1. The molecular formula is C20H14ClN3. The van der Waals surface area contributed by atoms with Gasteiger partial charge in [-0.2, -0.15) is 0 Å². The zero-order valence-electron chi connectivity index (χ0n) is 12.8. The van der Waals surface area contributed by atoms with Gasteiger partial charge in [0, 0.05) is 21.7 Å². The number of benzene rings is 3. The Labute approximate surface area is 145 Å². The van der Waals surface area contributed by atoms with Gasteiger partial charge in [-0.3, -0.25) is 0 Å². The molecule has 0 fully saturated rings. The summed E-state index contributed by atoms with van der Waals surface area (Å²) in [5.74, 6) is 1.44.